The quantitative estimate of drug-likeness (QED) is 0.554. The van der Waals surface area contributed by atoms with E-state index >= 15 is 0 Å². The van der Waals surface area contributed by atoms with Gasteiger partial charge in [-0.15, -0.1) is 0 Å². The predicted molar refractivity (Wildman–Crippen MR) is 126 cm³/mol. The predicted octanol–water partition coefficient (Wildman–Crippen LogP) is 4.31. The molecule has 1 aliphatic carbocycles. The van der Waals surface area contributed by atoms with Gasteiger partial charge in [-0.1, -0.05) is 76.2 Å². The Morgan fingerprint density at radius 1 is 0.970 bits per heavy atom. The van der Waals surface area contributed by atoms with Crippen molar-refractivity contribution < 1.29 is 24.2 Å². The van der Waals surface area contributed by atoms with Gasteiger partial charge in [0.25, 0.3) is 0 Å². The molecule has 1 unspecified atom stereocenters. The summed E-state index contributed by atoms with van der Waals surface area (Å²) in [5.41, 5.74) is 3.91. The van der Waals surface area contributed by atoms with Crippen molar-refractivity contribution in [3.05, 3.63) is 59.7 Å². The zero-order chi connectivity index (χ0) is 24.2. The molecule has 7 nitrogen and oxygen atoms in total. The molecule has 2 atom stereocenters. The van der Waals surface area contributed by atoms with Crippen LogP contribution in [0.2, 0.25) is 0 Å². The Balaban J connectivity index is 1.58. The van der Waals surface area contributed by atoms with Gasteiger partial charge in [-0.3, -0.25) is 4.79 Å². The maximum absolute atomic E-state index is 12.5. The molecule has 7 heteroatoms. The van der Waals surface area contributed by atoms with Gasteiger partial charge in [0.15, 0.2) is 0 Å². The van der Waals surface area contributed by atoms with Crippen molar-refractivity contribution in [2.45, 2.75) is 58.5 Å². The number of carboxylic acids is 1. The molecule has 0 saturated carbocycles. The maximum Gasteiger partial charge on any atom is 0.407 e. The summed E-state index contributed by atoms with van der Waals surface area (Å²) in [6, 6.07) is 14.7. The van der Waals surface area contributed by atoms with E-state index in [1.165, 1.54) is 0 Å². The van der Waals surface area contributed by atoms with Crippen LogP contribution in [-0.4, -0.2) is 41.8 Å². The van der Waals surface area contributed by atoms with Crippen LogP contribution in [0.25, 0.3) is 11.1 Å². The van der Waals surface area contributed by atoms with E-state index in [-0.39, 0.29) is 18.9 Å². The lowest BCUT2D eigenvalue weighted by Gasteiger charge is -2.28. The summed E-state index contributed by atoms with van der Waals surface area (Å²) in [7, 11) is 0. The minimum atomic E-state index is -1.09. The molecule has 0 aliphatic heterocycles. The number of hydrogen-bond donors (Lipinski definition) is 3. The first-order valence-corrected chi connectivity index (χ1v) is 11.3. The highest BCUT2D eigenvalue weighted by molar-refractivity contribution is 5.85. The highest BCUT2D eigenvalue weighted by atomic mass is 16.5. The number of ether oxygens (including phenoxy) is 1. The first kappa shape index (κ1) is 24.3. The van der Waals surface area contributed by atoms with Crippen LogP contribution in [0, 0.1) is 5.41 Å². The van der Waals surface area contributed by atoms with Gasteiger partial charge in [-0.25, -0.2) is 9.59 Å². The van der Waals surface area contributed by atoms with Crippen molar-refractivity contribution in [3.63, 3.8) is 0 Å². The molecule has 0 heterocycles. The van der Waals surface area contributed by atoms with Crippen LogP contribution in [0.4, 0.5) is 4.79 Å². The third-order valence-corrected chi connectivity index (χ3v) is 6.01. The number of nitrogens with one attached hydrogen (secondary N) is 2. The van der Waals surface area contributed by atoms with Gasteiger partial charge >= 0.3 is 12.1 Å². The highest BCUT2D eigenvalue weighted by Gasteiger charge is 2.33. The van der Waals surface area contributed by atoms with Crippen LogP contribution in [0.3, 0.4) is 0 Å². The molecular formula is C26H32N2O5. The molecule has 0 aromatic heterocycles. The van der Waals surface area contributed by atoms with Gasteiger partial charge in [0.05, 0.1) is 0 Å². The molecule has 2 aromatic carbocycles. The molecule has 0 spiro atoms. The lowest BCUT2D eigenvalue weighted by Crippen LogP contribution is -2.50. The van der Waals surface area contributed by atoms with E-state index in [0.717, 1.165) is 22.3 Å². The van der Waals surface area contributed by atoms with Gasteiger partial charge in [-0.2, -0.15) is 0 Å². The average Bonchev–Trinajstić information content (AvgIpc) is 3.08. The molecule has 33 heavy (non-hydrogen) atoms. The Morgan fingerprint density at radius 3 is 2.00 bits per heavy atom. The fraction of sp³-hybridized carbons (Fsp3) is 0.423. The Morgan fingerprint density at radius 2 is 1.52 bits per heavy atom. The highest BCUT2D eigenvalue weighted by Crippen LogP contribution is 2.44. The summed E-state index contributed by atoms with van der Waals surface area (Å²) >= 11 is 0. The normalized spacial score (nSPS) is 14.5. The number of rotatable bonds is 8. The zero-order valence-corrected chi connectivity index (χ0v) is 19.6. The van der Waals surface area contributed by atoms with E-state index in [1.807, 2.05) is 31.2 Å². The number of fused-ring (bicyclic) bond motifs is 3. The van der Waals surface area contributed by atoms with Gasteiger partial charge in [0.2, 0.25) is 5.91 Å². The summed E-state index contributed by atoms with van der Waals surface area (Å²) in [5, 5.41) is 14.7. The van der Waals surface area contributed by atoms with Gasteiger partial charge < -0.3 is 20.5 Å². The Labute approximate surface area is 194 Å². The number of benzene rings is 2. The Kier molecular flexibility index (Phi) is 7.41. The van der Waals surface area contributed by atoms with Crippen LogP contribution < -0.4 is 10.6 Å². The molecule has 0 saturated heterocycles. The van der Waals surface area contributed by atoms with Crippen molar-refractivity contribution in [2.24, 2.45) is 5.41 Å². The van der Waals surface area contributed by atoms with E-state index in [9.17, 15) is 19.5 Å². The molecule has 3 rings (SSSR count). The lowest BCUT2D eigenvalue weighted by molar-refractivity contribution is -0.145. The van der Waals surface area contributed by atoms with Gasteiger partial charge in [-0.05, 0) is 34.1 Å². The summed E-state index contributed by atoms with van der Waals surface area (Å²) < 4.78 is 5.55. The minimum absolute atomic E-state index is 0.0272. The van der Waals surface area contributed by atoms with Crippen molar-refractivity contribution in [3.8, 4) is 11.1 Å². The van der Waals surface area contributed by atoms with Crippen molar-refractivity contribution in [1.29, 1.82) is 0 Å². The molecule has 0 bridgehead atoms. The number of carbonyl (C=O) groups is 3. The van der Waals surface area contributed by atoms with Crippen LogP contribution in [0.15, 0.2) is 48.5 Å². The monoisotopic (exact) mass is 452 g/mol. The van der Waals surface area contributed by atoms with Crippen LogP contribution in [-0.2, 0) is 14.3 Å². The van der Waals surface area contributed by atoms with Crippen LogP contribution in [0.5, 0.6) is 0 Å². The smallest absolute Gasteiger partial charge is 0.407 e. The van der Waals surface area contributed by atoms with Gasteiger partial charge in [0, 0.05) is 18.4 Å². The van der Waals surface area contributed by atoms with Gasteiger partial charge in [0.1, 0.15) is 12.6 Å². The largest absolute Gasteiger partial charge is 0.480 e. The molecule has 176 valence electrons. The minimum Gasteiger partial charge on any atom is -0.480 e. The SMILES string of the molecule is CC[C@H](CC(=O)NC(C(=O)O)C(C)(C)C)NC(=O)OCC1c2ccccc2-c2ccccc21. The van der Waals surface area contributed by atoms with E-state index in [1.54, 1.807) is 20.8 Å². The Bertz CT molecular complexity index is 982. The fourth-order valence-corrected chi connectivity index (χ4v) is 4.20. The number of amides is 2. The molecule has 3 N–H and O–H groups in total. The van der Waals surface area contributed by atoms with Crippen LogP contribution in [0.1, 0.15) is 57.6 Å². The number of hydrogen-bond acceptors (Lipinski definition) is 4. The summed E-state index contributed by atoms with van der Waals surface area (Å²) in [6.07, 6.45) is -0.118. The second-order valence-corrected chi connectivity index (χ2v) is 9.48. The number of carboxylic acid groups (broad SMARTS) is 1. The first-order chi connectivity index (χ1) is 15.6. The lowest BCUT2D eigenvalue weighted by atomic mass is 9.86. The van der Waals surface area contributed by atoms with Crippen LogP contribution >= 0.6 is 0 Å². The number of alkyl carbamates (subject to hydrolysis) is 1. The first-order valence-electron chi connectivity index (χ1n) is 11.3. The Hall–Kier alpha value is -3.35. The molecule has 0 radical (unpaired) electrons. The third kappa shape index (κ3) is 5.72. The average molecular weight is 453 g/mol. The van der Waals surface area contributed by atoms with E-state index in [2.05, 4.69) is 34.9 Å². The topological polar surface area (TPSA) is 105 Å². The molecule has 2 amide bonds. The van der Waals surface area contributed by atoms with Crippen molar-refractivity contribution >= 4 is 18.0 Å². The maximum atomic E-state index is 12.5. The number of carbonyl (C=O) groups excluding carboxylic acids is 2. The van der Waals surface area contributed by atoms with E-state index in [4.69, 9.17) is 4.74 Å². The molecule has 2 aromatic rings. The zero-order valence-electron chi connectivity index (χ0n) is 19.6. The molecule has 0 fully saturated rings. The second kappa shape index (κ2) is 10.1. The van der Waals surface area contributed by atoms with Crippen molar-refractivity contribution in [1.82, 2.24) is 10.6 Å². The number of aliphatic carboxylic acids is 1. The van der Waals surface area contributed by atoms with Crippen molar-refractivity contribution in [2.75, 3.05) is 6.61 Å². The molecular weight excluding hydrogens is 420 g/mol. The second-order valence-electron chi connectivity index (χ2n) is 9.48. The summed E-state index contributed by atoms with van der Waals surface area (Å²) in [5.74, 6) is -1.56. The summed E-state index contributed by atoms with van der Waals surface area (Å²) in [6.45, 7) is 7.28. The third-order valence-electron chi connectivity index (χ3n) is 6.01. The standard InChI is InChI=1S/C26H32N2O5/c1-5-16(14-22(29)28-23(24(30)31)26(2,3)4)27-25(32)33-15-21-19-12-8-6-10-17(19)18-11-7-9-13-20(18)21/h6-13,16,21,23H,5,14-15H2,1-4H3,(H,27,32)(H,28,29)(H,30,31)/t16-,23?/m1/s1. The fourth-order valence-electron chi connectivity index (χ4n) is 4.20. The molecule has 1 aliphatic rings. The van der Waals surface area contributed by atoms with E-state index in [0.29, 0.717) is 6.42 Å². The summed E-state index contributed by atoms with van der Waals surface area (Å²) in [4.78, 5) is 36.4. The van der Waals surface area contributed by atoms with E-state index < -0.39 is 35.5 Å².